The number of anilines is 1. The van der Waals surface area contributed by atoms with E-state index in [1.807, 2.05) is 49.7 Å². The molecule has 2 unspecified atom stereocenters. The molecule has 18 heteroatoms. The second kappa shape index (κ2) is 21.4. The third kappa shape index (κ3) is 10.4. The standard InChI is InChI=1S/C55H67N9O9/c1-33(65)71-40-28-38(72-46(29-40)37-26-45(67)50(68)48(27-37)70-23-16-36-7-4-19-58-31-36)11-9-35-10-12-44(66)47(24-35)73-39-8-3-17-54(30-39)55(52(69)57-2)18-13-43-41-15-22-59-42(41)32-64(43)51(55)62-53(63-54)61-20-5-6-34-14-21-60-49(56)25-34/h4,7,10,12,14-15,19,21-22,24-27,31-32,38-40,43,46,51-52,57,66-69H,3,5-6,8-9,11,13,16-18,20,23,28-30H2,1-2H3,(H2,56,60)(H2,61,62,63)/p+1/t38-,39-,40+,43?,46-,51+,52+,54-,55-/m0/s1. The molecule has 1 saturated carbocycles. The fraction of sp³-hybridized carbons (Fsp3) is 0.473. The molecular formula is C55H68N9O9+. The summed E-state index contributed by atoms with van der Waals surface area (Å²) in [6.07, 6.45) is 17.2. The number of aliphatic imine (C=N–C) groups is 2. The van der Waals surface area contributed by atoms with Crippen molar-refractivity contribution in [2.75, 3.05) is 25.9 Å². The highest BCUT2D eigenvalue weighted by molar-refractivity contribution is 5.83. The van der Waals surface area contributed by atoms with Crippen molar-refractivity contribution in [3.05, 3.63) is 119 Å². The summed E-state index contributed by atoms with van der Waals surface area (Å²) >= 11 is 0. The smallest absolute Gasteiger partial charge is 0.302 e. The van der Waals surface area contributed by atoms with E-state index in [0.717, 1.165) is 67.3 Å². The van der Waals surface area contributed by atoms with Gasteiger partial charge in [-0.05, 0) is 129 Å². The first-order valence-corrected chi connectivity index (χ1v) is 25.8. The molecule has 2 aromatic carbocycles. The number of aliphatic hydroxyl groups excluding tert-OH is 1. The molecule has 0 amide bonds. The number of benzene rings is 2. The molecule has 10 atom stereocenters. The van der Waals surface area contributed by atoms with E-state index < -0.39 is 35.4 Å². The van der Waals surface area contributed by atoms with Crippen LogP contribution in [0, 0.1) is 5.41 Å². The number of phenols is 3. The number of nitrogens with zero attached hydrogens (tertiary/aromatic N) is 4. The highest BCUT2D eigenvalue weighted by Gasteiger charge is 2.70. The number of allylic oxidation sites excluding steroid dienone is 1. The molecule has 0 bridgehead atoms. The summed E-state index contributed by atoms with van der Waals surface area (Å²) in [4.78, 5) is 31.6. The van der Waals surface area contributed by atoms with E-state index in [0.29, 0.717) is 68.2 Å². The Morgan fingerprint density at radius 3 is 2.70 bits per heavy atom. The van der Waals surface area contributed by atoms with Gasteiger partial charge in [-0.3, -0.25) is 30.0 Å². The molecule has 10 rings (SSSR count). The minimum atomic E-state index is -0.878. The first-order valence-electron chi connectivity index (χ1n) is 25.8. The van der Waals surface area contributed by atoms with Crippen LogP contribution >= 0.6 is 0 Å². The van der Waals surface area contributed by atoms with Gasteiger partial charge in [0, 0.05) is 76.0 Å². The molecule has 7 heterocycles. The van der Waals surface area contributed by atoms with Crippen LogP contribution in [0.15, 0.2) is 107 Å². The van der Waals surface area contributed by atoms with Crippen LogP contribution in [0.25, 0.3) is 0 Å². The number of aromatic nitrogens is 2. The van der Waals surface area contributed by atoms with Crippen molar-refractivity contribution in [2.24, 2.45) is 15.4 Å². The largest absolute Gasteiger partial charge is 0.504 e. The van der Waals surface area contributed by atoms with Crippen molar-refractivity contribution < 1.29 is 49.1 Å². The number of quaternary nitrogens is 1. The lowest BCUT2D eigenvalue weighted by Crippen LogP contribution is -3.21. The van der Waals surface area contributed by atoms with Crippen molar-refractivity contribution in [3.8, 4) is 28.7 Å². The third-order valence-electron chi connectivity index (χ3n) is 15.9. The summed E-state index contributed by atoms with van der Waals surface area (Å²) in [6, 6.07) is 16.4. The van der Waals surface area contributed by atoms with Crippen LogP contribution in [0.5, 0.6) is 28.7 Å². The fourth-order valence-corrected chi connectivity index (χ4v) is 12.5. The average molecular weight is 999 g/mol. The van der Waals surface area contributed by atoms with Crippen LogP contribution in [0.2, 0.25) is 0 Å². The lowest BCUT2D eigenvalue weighted by Gasteiger charge is -2.63. The summed E-state index contributed by atoms with van der Waals surface area (Å²) in [5, 5.41) is 56.3. The van der Waals surface area contributed by atoms with E-state index in [9.17, 15) is 25.2 Å². The maximum atomic E-state index is 12.4. The normalized spacial score (nSPS) is 29.0. The molecule has 73 heavy (non-hydrogen) atoms. The van der Waals surface area contributed by atoms with Gasteiger partial charge in [0.15, 0.2) is 35.1 Å². The molecule has 3 saturated heterocycles. The van der Waals surface area contributed by atoms with Crippen LogP contribution in [0.3, 0.4) is 0 Å². The highest BCUT2D eigenvalue weighted by Crippen LogP contribution is 2.53. The minimum absolute atomic E-state index is 0.0335. The number of esters is 1. The quantitative estimate of drug-likeness (QED) is 0.0304. The molecule has 1 aliphatic carbocycles. The maximum Gasteiger partial charge on any atom is 0.302 e. The number of hydrogen-bond acceptors (Lipinski definition) is 15. The van der Waals surface area contributed by atoms with E-state index in [2.05, 4.69) is 38.2 Å². The number of aryl methyl sites for hydroxylation is 2. The van der Waals surface area contributed by atoms with Crippen LogP contribution in [0.4, 0.5) is 5.82 Å². The van der Waals surface area contributed by atoms with Crippen molar-refractivity contribution >= 4 is 24.0 Å². The number of rotatable bonds is 17. The van der Waals surface area contributed by atoms with Crippen molar-refractivity contribution in [3.63, 3.8) is 0 Å². The van der Waals surface area contributed by atoms with Crippen molar-refractivity contribution in [2.45, 2.75) is 139 Å². The number of carbonyl (C=O) groups is 1. The van der Waals surface area contributed by atoms with Gasteiger partial charge in [-0.15, -0.1) is 0 Å². The topological polar surface area (TPSA) is 252 Å². The maximum absolute atomic E-state index is 12.4. The molecular weight excluding hydrogens is 931 g/mol. The summed E-state index contributed by atoms with van der Waals surface area (Å²) < 4.78 is 25.3. The van der Waals surface area contributed by atoms with Crippen molar-refractivity contribution in [1.82, 2.24) is 25.9 Å². The fourth-order valence-electron chi connectivity index (χ4n) is 12.5. The Kier molecular flexibility index (Phi) is 14.6. The van der Waals surface area contributed by atoms with Gasteiger partial charge in [0.2, 0.25) is 5.75 Å². The van der Waals surface area contributed by atoms with Crippen LogP contribution in [0.1, 0.15) is 99.5 Å². The Morgan fingerprint density at radius 1 is 1.00 bits per heavy atom. The molecule has 386 valence electrons. The number of pyridine rings is 2. The van der Waals surface area contributed by atoms with Gasteiger partial charge in [-0.1, -0.05) is 12.1 Å². The number of aromatic hydroxyl groups is 3. The van der Waals surface area contributed by atoms with Gasteiger partial charge >= 0.3 is 5.97 Å². The van der Waals surface area contributed by atoms with Gasteiger partial charge in [-0.25, -0.2) is 4.98 Å². The lowest BCUT2D eigenvalue weighted by molar-refractivity contribution is -0.911. The van der Waals surface area contributed by atoms with Crippen molar-refractivity contribution in [1.29, 1.82) is 0 Å². The predicted octanol–water partition coefficient (Wildman–Crippen LogP) is 4.59. The summed E-state index contributed by atoms with van der Waals surface area (Å²) in [5.41, 5.74) is 10.4. The summed E-state index contributed by atoms with van der Waals surface area (Å²) in [6.45, 7) is 2.20. The minimum Gasteiger partial charge on any atom is -0.504 e. The van der Waals surface area contributed by atoms with Crippen LogP contribution in [-0.4, -0.2) is 111 Å². The lowest BCUT2D eigenvalue weighted by atomic mass is 9.54. The van der Waals surface area contributed by atoms with E-state index in [4.69, 9.17) is 34.7 Å². The van der Waals surface area contributed by atoms with Crippen LogP contribution < -0.4 is 36.1 Å². The Hall–Kier alpha value is -6.73. The molecule has 4 fully saturated rings. The zero-order chi connectivity index (χ0) is 50.7. The first kappa shape index (κ1) is 49.8. The average Bonchev–Trinajstić information content (AvgIpc) is 3.99. The number of nitrogens with one attached hydrogen (secondary N) is 4. The summed E-state index contributed by atoms with van der Waals surface area (Å²) in [5.74, 6) is 0.632. The number of hydrogen-bond donors (Lipinski definition) is 9. The number of nitrogen functional groups attached to an aromatic ring is 1. The second-order valence-corrected chi connectivity index (χ2v) is 20.4. The van der Waals surface area contributed by atoms with E-state index in [1.165, 1.54) is 23.5 Å². The van der Waals surface area contributed by atoms with Crippen LogP contribution in [-0.2, 0) is 33.5 Å². The van der Waals surface area contributed by atoms with Gasteiger partial charge in [-0.2, -0.15) is 0 Å². The van der Waals surface area contributed by atoms with E-state index >= 15 is 0 Å². The SMILES string of the molecule is CN[C@H](O)[C@]12CCC3C4=CC=NC4=C[NH+]3[C@H]1NC(=NCCCc1ccnc(N)c1)N[C@]21CCC[C@H](Oc2cc(CC[C@H]3C[C@@H](OC(C)=O)C[C@@H](c4cc(O)c(O)c(OCCc5cccnc5)c4)O3)ccc2O)C1. The number of phenolic OH excluding ortho intramolecular Hbond substituents is 3. The monoisotopic (exact) mass is 999 g/mol. The molecule has 4 aromatic rings. The van der Waals surface area contributed by atoms with E-state index in [-0.39, 0.29) is 54.0 Å². The molecule has 0 radical (unpaired) electrons. The number of ether oxygens (including phenoxy) is 4. The molecule has 1 spiro atoms. The number of guanidine groups is 1. The zero-order valence-electron chi connectivity index (χ0n) is 41.5. The predicted molar refractivity (Wildman–Crippen MR) is 273 cm³/mol. The van der Waals surface area contributed by atoms with E-state index in [1.54, 1.807) is 30.7 Å². The Balaban J connectivity index is 0.857. The zero-order valence-corrected chi connectivity index (χ0v) is 41.5. The first-order chi connectivity index (χ1) is 35.4. The number of fused-ring (bicyclic) bond motifs is 6. The Labute approximate surface area is 425 Å². The number of nitrogens with two attached hydrogens (primary N) is 1. The molecule has 6 aliphatic rings. The van der Waals surface area contributed by atoms with Gasteiger partial charge in [0.25, 0.3) is 0 Å². The molecule has 18 nitrogen and oxygen atoms in total. The molecule has 5 aliphatic heterocycles. The van der Waals surface area contributed by atoms with Gasteiger partial charge < -0.3 is 55.7 Å². The van der Waals surface area contributed by atoms with Gasteiger partial charge in [0.05, 0.1) is 24.4 Å². The summed E-state index contributed by atoms with van der Waals surface area (Å²) in [7, 11) is 1.82. The number of carbonyl (C=O) groups excluding carboxylic acids is 1. The third-order valence-corrected chi connectivity index (χ3v) is 15.9. The number of piperidine rings is 1. The highest BCUT2D eigenvalue weighted by atomic mass is 16.6. The molecule has 2 aromatic heterocycles. The Morgan fingerprint density at radius 2 is 1.88 bits per heavy atom. The Bertz CT molecular complexity index is 2770. The van der Waals surface area contributed by atoms with Gasteiger partial charge in [0.1, 0.15) is 47.6 Å². The molecule has 10 N–H and O–H groups in total. The number of aliphatic hydroxyl groups is 1. The second-order valence-electron chi connectivity index (χ2n) is 20.4.